The molecule has 6 heteroatoms. The Morgan fingerprint density at radius 1 is 1.19 bits per heavy atom. The Balaban J connectivity index is 2.29. The molecule has 0 fully saturated rings. The van der Waals surface area contributed by atoms with Gasteiger partial charge in [-0.05, 0) is 50.5 Å². The number of aromatic nitrogens is 1. The Kier molecular flexibility index (Phi) is 6.78. The molecule has 0 unspecified atom stereocenters. The van der Waals surface area contributed by atoms with Gasteiger partial charge in [0.1, 0.15) is 5.69 Å². The number of esters is 1. The van der Waals surface area contributed by atoms with Crippen molar-refractivity contribution in [2.75, 3.05) is 13.2 Å². The maximum atomic E-state index is 13.1. The van der Waals surface area contributed by atoms with Crippen LogP contribution in [0.25, 0.3) is 0 Å². The number of aryl methyl sites for hydroxylation is 1. The molecule has 1 aromatic heterocycles. The van der Waals surface area contributed by atoms with Gasteiger partial charge in [0.25, 0.3) is 5.91 Å². The lowest BCUT2D eigenvalue weighted by atomic mass is 10.1. The first-order chi connectivity index (χ1) is 12.9. The van der Waals surface area contributed by atoms with Crippen LogP contribution in [-0.4, -0.2) is 34.9 Å². The molecule has 2 aromatic rings. The number of aromatic amines is 1. The Labute approximate surface area is 159 Å². The summed E-state index contributed by atoms with van der Waals surface area (Å²) in [5.74, 6) is -0.575. The maximum absolute atomic E-state index is 13.1. The molecule has 0 aliphatic heterocycles. The zero-order chi connectivity index (χ0) is 20.0. The van der Waals surface area contributed by atoms with Gasteiger partial charge in [0.15, 0.2) is 0 Å². The number of amides is 1. The van der Waals surface area contributed by atoms with Crippen molar-refractivity contribution >= 4 is 11.9 Å². The lowest BCUT2D eigenvalue weighted by Gasteiger charge is -2.22. The minimum Gasteiger partial charge on any atom is -0.462 e. The smallest absolute Gasteiger partial charge is 0.340 e. The van der Waals surface area contributed by atoms with E-state index < -0.39 is 5.97 Å². The molecule has 1 aromatic carbocycles. The number of ether oxygens (including phenoxy) is 1. The molecule has 0 atom stereocenters. The molecular formula is C21H25N3O3. The number of rotatable bonds is 7. The van der Waals surface area contributed by atoms with E-state index in [2.05, 4.69) is 11.1 Å². The van der Waals surface area contributed by atoms with Crippen LogP contribution in [0.4, 0.5) is 0 Å². The lowest BCUT2D eigenvalue weighted by molar-refractivity contribution is 0.0525. The Morgan fingerprint density at radius 2 is 1.85 bits per heavy atom. The van der Waals surface area contributed by atoms with E-state index in [0.717, 1.165) is 12.0 Å². The first-order valence-corrected chi connectivity index (χ1v) is 9.07. The molecular weight excluding hydrogens is 342 g/mol. The Bertz CT molecular complexity index is 860. The Hall–Kier alpha value is -3.07. The number of H-pyrrole nitrogens is 1. The molecule has 0 saturated heterocycles. The molecule has 0 saturated carbocycles. The van der Waals surface area contributed by atoms with Crippen molar-refractivity contribution in [1.29, 1.82) is 5.26 Å². The van der Waals surface area contributed by atoms with Crippen LogP contribution in [0.5, 0.6) is 0 Å². The molecule has 1 N–H and O–H groups in total. The summed E-state index contributed by atoms with van der Waals surface area (Å²) in [4.78, 5) is 30.1. The second-order valence-corrected chi connectivity index (χ2v) is 6.38. The van der Waals surface area contributed by atoms with Gasteiger partial charge < -0.3 is 14.6 Å². The van der Waals surface area contributed by atoms with Gasteiger partial charge in [-0.15, -0.1) is 0 Å². The van der Waals surface area contributed by atoms with Crippen molar-refractivity contribution in [3.05, 3.63) is 57.9 Å². The molecule has 2 rings (SSSR count). The normalized spacial score (nSPS) is 10.3. The third-order valence-corrected chi connectivity index (χ3v) is 4.37. The fourth-order valence-electron chi connectivity index (χ4n) is 3.06. The number of nitrogens with one attached hydrogen (secondary N) is 1. The Morgan fingerprint density at radius 3 is 2.41 bits per heavy atom. The van der Waals surface area contributed by atoms with Crippen molar-refractivity contribution in [3.8, 4) is 6.07 Å². The minimum absolute atomic E-state index is 0.155. The number of nitrogens with zero attached hydrogens (tertiary/aromatic N) is 2. The largest absolute Gasteiger partial charge is 0.462 e. The summed E-state index contributed by atoms with van der Waals surface area (Å²) in [6, 6.07) is 9.28. The SMILES string of the molecule is CCCN(Cc1ccc(C#N)cc1)C(=O)c1[nH]c(C)c(C(=O)OCC)c1C. The zero-order valence-corrected chi connectivity index (χ0v) is 16.3. The highest BCUT2D eigenvalue weighted by Crippen LogP contribution is 2.21. The fraction of sp³-hybridized carbons (Fsp3) is 0.381. The summed E-state index contributed by atoms with van der Waals surface area (Å²) in [5.41, 5.74) is 3.61. The van der Waals surface area contributed by atoms with Crippen LogP contribution in [-0.2, 0) is 11.3 Å². The summed E-state index contributed by atoms with van der Waals surface area (Å²) >= 11 is 0. The fourth-order valence-corrected chi connectivity index (χ4v) is 3.06. The highest BCUT2D eigenvalue weighted by atomic mass is 16.5. The third kappa shape index (κ3) is 4.56. The molecule has 6 nitrogen and oxygen atoms in total. The van der Waals surface area contributed by atoms with Crippen LogP contribution in [0, 0.1) is 25.2 Å². The monoisotopic (exact) mass is 367 g/mol. The second kappa shape index (κ2) is 9.04. The number of carbonyl (C=O) groups is 2. The van der Waals surface area contributed by atoms with Crippen molar-refractivity contribution in [2.24, 2.45) is 0 Å². The van der Waals surface area contributed by atoms with Crippen molar-refractivity contribution in [3.63, 3.8) is 0 Å². The van der Waals surface area contributed by atoms with Gasteiger partial charge in [-0.1, -0.05) is 19.1 Å². The van der Waals surface area contributed by atoms with Crippen LogP contribution in [0.2, 0.25) is 0 Å². The van der Waals surface area contributed by atoms with E-state index in [1.807, 2.05) is 19.1 Å². The predicted molar refractivity (Wildman–Crippen MR) is 102 cm³/mol. The minimum atomic E-state index is -0.420. The summed E-state index contributed by atoms with van der Waals surface area (Å²) in [6.07, 6.45) is 0.811. The molecule has 1 amide bonds. The van der Waals surface area contributed by atoms with E-state index in [0.29, 0.717) is 41.2 Å². The van der Waals surface area contributed by atoms with E-state index in [-0.39, 0.29) is 12.5 Å². The average Bonchev–Trinajstić information content (AvgIpc) is 2.96. The number of hydrogen-bond acceptors (Lipinski definition) is 4. The van der Waals surface area contributed by atoms with Crippen LogP contribution >= 0.6 is 0 Å². The van der Waals surface area contributed by atoms with E-state index in [1.54, 1.807) is 37.8 Å². The summed E-state index contributed by atoms with van der Waals surface area (Å²) in [6.45, 7) is 8.59. The summed E-state index contributed by atoms with van der Waals surface area (Å²) < 4.78 is 5.10. The summed E-state index contributed by atoms with van der Waals surface area (Å²) in [7, 11) is 0. The number of nitriles is 1. The highest BCUT2D eigenvalue weighted by Gasteiger charge is 2.25. The molecule has 0 bridgehead atoms. The number of carbonyl (C=O) groups excluding carboxylic acids is 2. The zero-order valence-electron chi connectivity index (χ0n) is 16.3. The molecule has 0 radical (unpaired) electrons. The average molecular weight is 367 g/mol. The van der Waals surface area contributed by atoms with E-state index in [9.17, 15) is 9.59 Å². The van der Waals surface area contributed by atoms with Crippen LogP contribution < -0.4 is 0 Å². The molecule has 142 valence electrons. The van der Waals surface area contributed by atoms with Crippen molar-refractivity contribution < 1.29 is 14.3 Å². The first kappa shape index (κ1) is 20.2. The molecule has 27 heavy (non-hydrogen) atoms. The summed E-state index contributed by atoms with van der Waals surface area (Å²) in [5, 5.41) is 8.92. The third-order valence-electron chi connectivity index (χ3n) is 4.37. The maximum Gasteiger partial charge on any atom is 0.340 e. The van der Waals surface area contributed by atoms with Gasteiger partial charge in [-0.25, -0.2) is 4.79 Å². The van der Waals surface area contributed by atoms with E-state index >= 15 is 0 Å². The standard InChI is InChI=1S/C21H25N3O3/c1-5-11-24(13-17-9-7-16(12-22)8-10-17)20(25)19-14(3)18(15(4)23-19)21(26)27-6-2/h7-10,23H,5-6,11,13H2,1-4H3. The molecule has 0 aliphatic carbocycles. The second-order valence-electron chi connectivity index (χ2n) is 6.38. The van der Waals surface area contributed by atoms with Crippen molar-refractivity contribution in [1.82, 2.24) is 9.88 Å². The molecule has 1 heterocycles. The highest BCUT2D eigenvalue weighted by molar-refractivity contribution is 6.00. The van der Waals surface area contributed by atoms with Crippen LogP contribution in [0.1, 0.15) is 63.5 Å². The number of benzene rings is 1. The van der Waals surface area contributed by atoms with Crippen LogP contribution in [0.15, 0.2) is 24.3 Å². The number of hydrogen-bond donors (Lipinski definition) is 1. The van der Waals surface area contributed by atoms with Gasteiger partial charge in [0.05, 0.1) is 23.8 Å². The lowest BCUT2D eigenvalue weighted by Crippen LogP contribution is -2.32. The predicted octanol–water partition coefficient (Wildman–Crippen LogP) is 3.73. The molecule has 0 aliphatic rings. The van der Waals surface area contributed by atoms with Gasteiger partial charge >= 0.3 is 5.97 Å². The van der Waals surface area contributed by atoms with Gasteiger partial charge in [0.2, 0.25) is 0 Å². The quantitative estimate of drug-likeness (QED) is 0.756. The van der Waals surface area contributed by atoms with E-state index in [1.165, 1.54) is 0 Å². The van der Waals surface area contributed by atoms with Gasteiger partial charge in [0, 0.05) is 18.8 Å². The topological polar surface area (TPSA) is 86.2 Å². The molecule has 0 spiro atoms. The van der Waals surface area contributed by atoms with Gasteiger partial charge in [-0.3, -0.25) is 4.79 Å². The first-order valence-electron chi connectivity index (χ1n) is 9.07. The van der Waals surface area contributed by atoms with Crippen LogP contribution in [0.3, 0.4) is 0 Å². The van der Waals surface area contributed by atoms with Crippen molar-refractivity contribution in [2.45, 2.75) is 40.7 Å². The van der Waals surface area contributed by atoms with E-state index in [4.69, 9.17) is 10.00 Å². The van der Waals surface area contributed by atoms with Gasteiger partial charge in [-0.2, -0.15) is 5.26 Å².